The summed E-state index contributed by atoms with van der Waals surface area (Å²) in [5, 5.41) is 12.1. The van der Waals surface area contributed by atoms with Crippen molar-refractivity contribution < 1.29 is 14.3 Å². The summed E-state index contributed by atoms with van der Waals surface area (Å²) in [6.07, 6.45) is 2.73. The lowest BCUT2D eigenvalue weighted by Gasteiger charge is -2.20. The fourth-order valence-corrected chi connectivity index (χ4v) is 2.43. The minimum Gasteiger partial charge on any atom is -0.467 e. The van der Waals surface area contributed by atoms with E-state index >= 15 is 0 Å². The molecule has 0 saturated heterocycles. The molecule has 1 aromatic carbocycles. The molecule has 0 saturated carbocycles. The molecule has 0 spiro atoms. The van der Waals surface area contributed by atoms with E-state index in [2.05, 4.69) is 5.32 Å². The Hall–Kier alpha value is -2.07. The van der Waals surface area contributed by atoms with Crippen molar-refractivity contribution in [2.45, 2.75) is 31.7 Å². The van der Waals surface area contributed by atoms with Gasteiger partial charge in [-0.05, 0) is 30.5 Å². The minimum atomic E-state index is -0.296. The molecule has 0 unspecified atom stereocenters. The summed E-state index contributed by atoms with van der Waals surface area (Å²) in [5.74, 6) is 0.432. The third-order valence-corrected chi connectivity index (χ3v) is 3.55. The summed E-state index contributed by atoms with van der Waals surface area (Å²) >= 11 is 0. The number of nitrogens with one attached hydrogen (secondary N) is 1. The molecule has 0 fully saturated rings. The van der Waals surface area contributed by atoms with E-state index in [0.717, 1.165) is 12.0 Å². The van der Waals surface area contributed by atoms with Crippen molar-refractivity contribution >= 4 is 5.91 Å². The van der Waals surface area contributed by atoms with Crippen LogP contribution in [0.3, 0.4) is 0 Å². The van der Waals surface area contributed by atoms with Crippen molar-refractivity contribution in [1.82, 2.24) is 5.32 Å². The number of aliphatic hydroxyl groups is 1. The number of carbonyl (C=O) groups is 1. The van der Waals surface area contributed by atoms with Gasteiger partial charge in [0.25, 0.3) is 0 Å². The molecule has 2 atom stereocenters. The standard InChI is InChI=1S/C17H21NO3/c1-2-14(13-7-4-3-5-8-13)17(20)18-15(10-11-19)16-9-6-12-21-16/h3-9,12,14-15,19H,2,10-11H2,1H3,(H,18,20)/t14-,15-/m1/s1. The smallest absolute Gasteiger partial charge is 0.228 e. The van der Waals surface area contributed by atoms with Crippen LogP contribution in [0.1, 0.15) is 43.0 Å². The van der Waals surface area contributed by atoms with Gasteiger partial charge < -0.3 is 14.8 Å². The van der Waals surface area contributed by atoms with Crippen molar-refractivity contribution in [3.05, 3.63) is 60.1 Å². The van der Waals surface area contributed by atoms with E-state index in [1.807, 2.05) is 43.3 Å². The van der Waals surface area contributed by atoms with Gasteiger partial charge in [0, 0.05) is 6.61 Å². The van der Waals surface area contributed by atoms with Gasteiger partial charge in [0.2, 0.25) is 5.91 Å². The van der Waals surface area contributed by atoms with Gasteiger partial charge >= 0.3 is 0 Å². The zero-order chi connectivity index (χ0) is 15.1. The number of benzene rings is 1. The zero-order valence-electron chi connectivity index (χ0n) is 12.2. The average Bonchev–Trinajstić information content (AvgIpc) is 3.03. The fraction of sp³-hybridized carbons (Fsp3) is 0.353. The number of furan rings is 1. The molecule has 1 heterocycles. The summed E-state index contributed by atoms with van der Waals surface area (Å²) < 4.78 is 5.34. The van der Waals surface area contributed by atoms with Crippen molar-refractivity contribution in [2.24, 2.45) is 0 Å². The van der Waals surface area contributed by atoms with Crippen molar-refractivity contribution in [1.29, 1.82) is 0 Å². The highest BCUT2D eigenvalue weighted by atomic mass is 16.3. The van der Waals surface area contributed by atoms with E-state index in [9.17, 15) is 4.79 Å². The van der Waals surface area contributed by atoms with E-state index in [1.54, 1.807) is 12.3 Å². The fourth-order valence-electron chi connectivity index (χ4n) is 2.43. The quantitative estimate of drug-likeness (QED) is 0.823. The van der Waals surface area contributed by atoms with Gasteiger partial charge in [0.05, 0.1) is 18.2 Å². The molecular formula is C17H21NO3. The third-order valence-electron chi connectivity index (χ3n) is 3.55. The summed E-state index contributed by atoms with van der Waals surface area (Å²) in [6.45, 7) is 1.99. The van der Waals surface area contributed by atoms with Crippen LogP contribution in [0.25, 0.3) is 0 Å². The van der Waals surface area contributed by atoms with Crippen LogP contribution in [0.15, 0.2) is 53.1 Å². The van der Waals surface area contributed by atoms with Crippen LogP contribution in [-0.2, 0) is 4.79 Å². The molecule has 0 radical (unpaired) electrons. The normalized spacial score (nSPS) is 13.6. The molecule has 1 aromatic heterocycles. The number of hydrogen-bond acceptors (Lipinski definition) is 3. The van der Waals surface area contributed by atoms with Gasteiger partial charge in [0.15, 0.2) is 0 Å². The van der Waals surface area contributed by atoms with Crippen molar-refractivity contribution in [2.75, 3.05) is 6.61 Å². The first kappa shape index (κ1) is 15.3. The number of amides is 1. The second-order valence-electron chi connectivity index (χ2n) is 4.96. The van der Waals surface area contributed by atoms with E-state index in [-0.39, 0.29) is 24.5 Å². The highest BCUT2D eigenvalue weighted by molar-refractivity contribution is 5.83. The second kappa shape index (κ2) is 7.64. The Bertz CT molecular complexity index is 536. The molecule has 112 valence electrons. The summed E-state index contributed by atoms with van der Waals surface area (Å²) in [4.78, 5) is 12.5. The lowest BCUT2D eigenvalue weighted by Crippen LogP contribution is -2.33. The maximum atomic E-state index is 12.5. The first-order valence-corrected chi connectivity index (χ1v) is 7.25. The first-order chi connectivity index (χ1) is 10.3. The topological polar surface area (TPSA) is 62.5 Å². The van der Waals surface area contributed by atoms with E-state index in [0.29, 0.717) is 12.2 Å². The maximum absolute atomic E-state index is 12.5. The largest absolute Gasteiger partial charge is 0.467 e. The summed E-state index contributed by atoms with van der Waals surface area (Å²) in [6, 6.07) is 13.0. The highest BCUT2D eigenvalue weighted by Gasteiger charge is 2.23. The Labute approximate surface area is 124 Å². The molecule has 2 aromatic rings. The van der Waals surface area contributed by atoms with Crippen LogP contribution in [0.5, 0.6) is 0 Å². The molecule has 4 nitrogen and oxygen atoms in total. The number of aliphatic hydroxyl groups excluding tert-OH is 1. The highest BCUT2D eigenvalue weighted by Crippen LogP contribution is 2.23. The van der Waals surface area contributed by atoms with Crippen molar-refractivity contribution in [3.8, 4) is 0 Å². The summed E-state index contributed by atoms with van der Waals surface area (Å²) in [5.41, 5.74) is 1.000. The van der Waals surface area contributed by atoms with Crippen LogP contribution in [0.2, 0.25) is 0 Å². The lowest BCUT2D eigenvalue weighted by atomic mass is 9.95. The molecule has 2 rings (SSSR count). The monoisotopic (exact) mass is 287 g/mol. The van der Waals surface area contributed by atoms with Crippen LogP contribution < -0.4 is 5.32 Å². The van der Waals surface area contributed by atoms with E-state index < -0.39 is 0 Å². The predicted octanol–water partition coefficient (Wildman–Crippen LogP) is 3.01. The number of carbonyl (C=O) groups excluding carboxylic acids is 1. The van der Waals surface area contributed by atoms with E-state index in [1.165, 1.54) is 0 Å². The molecule has 21 heavy (non-hydrogen) atoms. The Balaban J connectivity index is 2.10. The Morgan fingerprint density at radius 2 is 2.00 bits per heavy atom. The Morgan fingerprint density at radius 3 is 2.57 bits per heavy atom. The molecule has 4 heteroatoms. The first-order valence-electron chi connectivity index (χ1n) is 7.25. The molecule has 0 aliphatic heterocycles. The molecule has 1 amide bonds. The molecule has 0 bridgehead atoms. The Kier molecular flexibility index (Phi) is 5.58. The third kappa shape index (κ3) is 3.95. The van der Waals surface area contributed by atoms with Crippen LogP contribution >= 0.6 is 0 Å². The predicted molar refractivity (Wildman–Crippen MR) is 80.8 cm³/mol. The van der Waals surface area contributed by atoms with Crippen LogP contribution in [-0.4, -0.2) is 17.6 Å². The van der Waals surface area contributed by atoms with Gasteiger partial charge in [-0.3, -0.25) is 4.79 Å². The molecule has 0 aliphatic rings. The summed E-state index contributed by atoms with van der Waals surface area (Å²) in [7, 11) is 0. The van der Waals surface area contributed by atoms with E-state index in [4.69, 9.17) is 9.52 Å². The molecule has 0 aliphatic carbocycles. The van der Waals surface area contributed by atoms with Crippen LogP contribution in [0.4, 0.5) is 0 Å². The average molecular weight is 287 g/mol. The molecule has 2 N–H and O–H groups in total. The second-order valence-corrected chi connectivity index (χ2v) is 4.96. The van der Waals surface area contributed by atoms with Gasteiger partial charge in [0.1, 0.15) is 5.76 Å². The zero-order valence-corrected chi connectivity index (χ0v) is 12.2. The van der Waals surface area contributed by atoms with Gasteiger partial charge in [-0.1, -0.05) is 37.3 Å². The molecular weight excluding hydrogens is 266 g/mol. The SMILES string of the molecule is CC[C@@H](C(=O)N[C@H](CCO)c1ccco1)c1ccccc1. The van der Waals surface area contributed by atoms with Crippen LogP contribution in [0, 0.1) is 0 Å². The lowest BCUT2D eigenvalue weighted by molar-refractivity contribution is -0.123. The minimum absolute atomic E-state index is 0.00618. The van der Waals surface area contributed by atoms with Gasteiger partial charge in [-0.2, -0.15) is 0 Å². The van der Waals surface area contributed by atoms with Gasteiger partial charge in [-0.15, -0.1) is 0 Å². The van der Waals surface area contributed by atoms with Gasteiger partial charge in [-0.25, -0.2) is 0 Å². The van der Waals surface area contributed by atoms with Crippen molar-refractivity contribution in [3.63, 3.8) is 0 Å². The Morgan fingerprint density at radius 1 is 1.24 bits per heavy atom. The number of hydrogen-bond donors (Lipinski definition) is 2. The maximum Gasteiger partial charge on any atom is 0.228 e. The number of rotatable bonds is 7.